The molecule has 1 aromatic heterocycles. The Labute approximate surface area is 125 Å². The van der Waals surface area contributed by atoms with Crippen LogP contribution in [0.4, 0.5) is 5.82 Å². The molecule has 0 unspecified atom stereocenters. The highest BCUT2D eigenvalue weighted by atomic mass is 16.5. The van der Waals surface area contributed by atoms with E-state index < -0.39 is 0 Å². The van der Waals surface area contributed by atoms with Crippen molar-refractivity contribution >= 4 is 16.7 Å². The summed E-state index contributed by atoms with van der Waals surface area (Å²) in [6.45, 7) is 5.60. The number of hydrazine groups is 1. The summed E-state index contributed by atoms with van der Waals surface area (Å²) in [5.41, 5.74) is 4.44. The summed E-state index contributed by atoms with van der Waals surface area (Å²) in [4.78, 5) is 4.52. The number of hydrogen-bond acceptors (Lipinski definition) is 5. The molecular formula is C16H23N3O2. The fourth-order valence-corrected chi connectivity index (χ4v) is 2.05. The number of nitrogen functional groups attached to an aromatic ring is 1. The Hall–Kier alpha value is -1.85. The van der Waals surface area contributed by atoms with Gasteiger partial charge in [0.1, 0.15) is 11.6 Å². The molecule has 0 radical (unpaired) electrons. The second kappa shape index (κ2) is 7.24. The minimum absolute atomic E-state index is 0.501. The van der Waals surface area contributed by atoms with E-state index in [1.165, 1.54) is 0 Å². The van der Waals surface area contributed by atoms with Crippen molar-refractivity contribution < 1.29 is 9.47 Å². The molecule has 0 fully saturated rings. The van der Waals surface area contributed by atoms with Crippen LogP contribution in [-0.4, -0.2) is 18.7 Å². The first-order chi connectivity index (χ1) is 10.1. The predicted molar refractivity (Wildman–Crippen MR) is 85.2 cm³/mol. The lowest BCUT2D eigenvalue weighted by molar-refractivity contribution is 0.111. The molecule has 3 N–H and O–H groups in total. The van der Waals surface area contributed by atoms with E-state index in [-0.39, 0.29) is 0 Å². The number of ether oxygens (including phenoxy) is 2. The molecule has 5 nitrogen and oxygen atoms in total. The van der Waals surface area contributed by atoms with E-state index in [1.807, 2.05) is 24.3 Å². The maximum Gasteiger partial charge on any atom is 0.146 e. The van der Waals surface area contributed by atoms with Gasteiger partial charge in [-0.3, -0.25) is 0 Å². The molecule has 0 aliphatic rings. The van der Waals surface area contributed by atoms with Crippen LogP contribution in [0, 0.1) is 5.92 Å². The third kappa shape index (κ3) is 4.06. The van der Waals surface area contributed by atoms with Crippen LogP contribution in [-0.2, 0) is 11.3 Å². The van der Waals surface area contributed by atoms with Crippen LogP contribution in [0.15, 0.2) is 24.3 Å². The van der Waals surface area contributed by atoms with E-state index in [1.54, 1.807) is 7.11 Å². The molecule has 114 valence electrons. The van der Waals surface area contributed by atoms with Gasteiger partial charge in [-0.15, -0.1) is 0 Å². The van der Waals surface area contributed by atoms with E-state index in [0.29, 0.717) is 18.3 Å². The van der Waals surface area contributed by atoms with Gasteiger partial charge in [0.25, 0.3) is 0 Å². The van der Waals surface area contributed by atoms with E-state index in [9.17, 15) is 0 Å². The summed E-state index contributed by atoms with van der Waals surface area (Å²) in [5.74, 6) is 7.62. The summed E-state index contributed by atoms with van der Waals surface area (Å²) in [6, 6.07) is 7.84. The Morgan fingerprint density at radius 1 is 1.29 bits per heavy atom. The van der Waals surface area contributed by atoms with E-state index in [2.05, 4.69) is 24.3 Å². The Kier molecular flexibility index (Phi) is 5.36. The number of methoxy groups -OCH3 is 1. The van der Waals surface area contributed by atoms with Crippen molar-refractivity contribution in [2.75, 3.05) is 19.1 Å². The third-order valence-corrected chi connectivity index (χ3v) is 3.34. The normalized spacial score (nSPS) is 11.1. The Morgan fingerprint density at radius 2 is 2.10 bits per heavy atom. The number of fused-ring (bicyclic) bond motifs is 1. The van der Waals surface area contributed by atoms with Gasteiger partial charge in [0, 0.05) is 23.6 Å². The molecule has 0 atom stereocenters. The van der Waals surface area contributed by atoms with Crippen molar-refractivity contribution in [1.82, 2.24) is 4.98 Å². The molecule has 2 aromatic rings. The molecule has 0 aliphatic carbocycles. The minimum Gasteiger partial charge on any atom is -0.497 e. The quantitative estimate of drug-likeness (QED) is 0.465. The van der Waals surface area contributed by atoms with E-state index in [0.717, 1.165) is 35.2 Å². The van der Waals surface area contributed by atoms with E-state index in [4.69, 9.17) is 15.3 Å². The molecule has 0 amide bonds. The lowest BCUT2D eigenvalue weighted by Crippen LogP contribution is -2.12. The molecule has 1 aromatic carbocycles. The molecule has 0 saturated carbocycles. The van der Waals surface area contributed by atoms with Gasteiger partial charge >= 0.3 is 0 Å². The van der Waals surface area contributed by atoms with Crippen LogP contribution in [0.25, 0.3) is 10.9 Å². The van der Waals surface area contributed by atoms with Crippen molar-refractivity contribution in [2.45, 2.75) is 26.9 Å². The van der Waals surface area contributed by atoms with Gasteiger partial charge in [-0.05, 0) is 30.5 Å². The number of nitrogens with one attached hydrogen (secondary N) is 1. The molecule has 2 rings (SSSR count). The van der Waals surface area contributed by atoms with Gasteiger partial charge < -0.3 is 14.9 Å². The van der Waals surface area contributed by atoms with Crippen LogP contribution in [0.5, 0.6) is 5.75 Å². The number of rotatable bonds is 7. The SMILES string of the molecule is COc1ccc2cc(COCCC(C)C)c(NN)nc2c1. The zero-order valence-electron chi connectivity index (χ0n) is 12.8. The van der Waals surface area contributed by atoms with Gasteiger partial charge in [-0.25, -0.2) is 10.8 Å². The summed E-state index contributed by atoms with van der Waals surface area (Å²) in [6.07, 6.45) is 1.05. The van der Waals surface area contributed by atoms with Gasteiger partial charge in [0.2, 0.25) is 0 Å². The van der Waals surface area contributed by atoms with Gasteiger partial charge in [0.05, 0.1) is 19.2 Å². The van der Waals surface area contributed by atoms with Crippen molar-refractivity contribution in [3.05, 3.63) is 29.8 Å². The number of hydrogen-bond donors (Lipinski definition) is 2. The minimum atomic E-state index is 0.501. The average Bonchev–Trinajstić information content (AvgIpc) is 2.49. The zero-order valence-corrected chi connectivity index (χ0v) is 12.8. The van der Waals surface area contributed by atoms with Crippen molar-refractivity contribution in [3.63, 3.8) is 0 Å². The van der Waals surface area contributed by atoms with Crippen LogP contribution < -0.4 is 16.0 Å². The van der Waals surface area contributed by atoms with Gasteiger partial charge in [-0.2, -0.15) is 0 Å². The zero-order chi connectivity index (χ0) is 15.2. The molecule has 5 heteroatoms. The third-order valence-electron chi connectivity index (χ3n) is 3.34. The summed E-state index contributed by atoms with van der Waals surface area (Å²) in [7, 11) is 1.64. The largest absolute Gasteiger partial charge is 0.497 e. The number of nitrogens with zero attached hydrogens (tertiary/aromatic N) is 1. The second-order valence-electron chi connectivity index (χ2n) is 5.43. The summed E-state index contributed by atoms with van der Waals surface area (Å²) in [5, 5.41) is 1.04. The Bertz CT molecular complexity index is 599. The number of nitrogens with two attached hydrogens (primary N) is 1. The summed E-state index contributed by atoms with van der Waals surface area (Å²) >= 11 is 0. The number of anilines is 1. The Morgan fingerprint density at radius 3 is 2.76 bits per heavy atom. The second-order valence-corrected chi connectivity index (χ2v) is 5.43. The first-order valence-corrected chi connectivity index (χ1v) is 7.16. The molecular weight excluding hydrogens is 266 g/mol. The first kappa shape index (κ1) is 15.5. The van der Waals surface area contributed by atoms with E-state index >= 15 is 0 Å². The van der Waals surface area contributed by atoms with Gasteiger partial charge in [0.15, 0.2) is 0 Å². The molecule has 0 bridgehead atoms. The molecule has 0 aliphatic heterocycles. The number of pyridine rings is 1. The monoisotopic (exact) mass is 289 g/mol. The maximum atomic E-state index is 5.71. The van der Waals surface area contributed by atoms with Crippen LogP contribution in [0.3, 0.4) is 0 Å². The molecule has 0 spiro atoms. The number of aromatic nitrogens is 1. The highest BCUT2D eigenvalue weighted by Crippen LogP contribution is 2.24. The fraction of sp³-hybridized carbons (Fsp3) is 0.438. The van der Waals surface area contributed by atoms with Gasteiger partial charge in [-0.1, -0.05) is 13.8 Å². The summed E-state index contributed by atoms with van der Waals surface area (Å²) < 4.78 is 10.9. The lowest BCUT2D eigenvalue weighted by atomic mass is 10.1. The standard InChI is InChI=1S/C16H23N3O2/c1-11(2)6-7-21-10-13-8-12-4-5-14(20-3)9-15(12)18-16(13)19-17/h4-5,8-9,11H,6-7,10,17H2,1-3H3,(H,18,19). The molecule has 1 heterocycles. The van der Waals surface area contributed by atoms with Crippen LogP contribution in [0.2, 0.25) is 0 Å². The molecule has 0 saturated heterocycles. The number of benzene rings is 1. The van der Waals surface area contributed by atoms with Crippen molar-refractivity contribution in [1.29, 1.82) is 0 Å². The van der Waals surface area contributed by atoms with Crippen LogP contribution >= 0.6 is 0 Å². The average molecular weight is 289 g/mol. The van der Waals surface area contributed by atoms with Crippen molar-refractivity contribution in [3.8, 4) is 5.75 Å². The fourth-order valence-electron chi connectivity index (χ4n) is 2.05. The highest BCUT2D eigenvalue weighted by molar-refractivity contribution is 5.83. The van der Waals surface area contributed by atoms with Crippen LogP contribution in [0.1, 0.15) is 25.8 Å². The topological polar surface area (TPSA) is 69.4 Å². The smallest absolute Gasteiger partial charge is 0.146 e. The maximum absolute atomic E-state index is 5.71. The predicted octanol–water partition coefficient (Wildman–Crippen LogP) is 3.09. The highest BCUT2D eigenvalue weighted by Gasteiger charge is 2.07. The lowest BCUT2D eigenvalue weighted by Gasteiger charge is -2.12. The Balaban J connectivity index is 2.18. The first-order valence-electron chi connectivity index (χ1n) is 7.16. The van der Waals surface area contributed by atoms with Crippen molar-refractivity contribution in [2.24, 2.45) is 11.8 Å². The molecule has 21 heavy (non-hydrogen) atoms.